The van der Waals surface area contributed by atoms with E-state index in [1.165, 1.54) is 19.3 Å². The molecule has 1 aromatic carbocycles. The van der Waals surface area contributed by atoms with E-state index in [0.717, 1.165) is 24.5 Å². The number of nitrogens with zero attached hydrogens (tertiary/aromatic N) is 1. The summed E-state index contributed by atoms with van der Waals surface area (Å²) in [5, 5.41) is 3.16. The second kappa shape index (κ2) is 6.16. The van der Waals surface area contributed by atoms with Crippen molar-refractivity contribution < 1.29 is 9.47 Å². The molecule has 0 amide bonds. The molecule has 1 aromatic rings. The van der Waals surface area contributed by atoms with E-state index < -0.39 is 0 Å². The fourth-order valence-electron chi connectivity index (χ4n) is 3.63. The molecule has 5 heteroatoms. The number of guanidine groups is 1. The standard InChI is InChI=1S/C17H25N3O2/c1-3-22-15-11-14(17(15)8-5-9-17)20-16(18)19-12-6-4-7-13(10-12)21-2/h4,6-7,10,14-15H,3,5,8-9,11H2,1-2H3,(H3,18,19,20). The third-order valence-electron chi connectivity index (χ3n) is 5.03. The van der Waals surface area contributed by atoms with E-state index >= 15 is 0 Å². The smallest absolute Gasteiger partial charge is 0.193 e. The first-order chi connectivity index (χ1) is 10.7. The van der Waals surface area contributed by atoms with Gasteiger partial charge in [0.05, 0.1) is 19.3 Å². The monoisotopic (exact) mass is 303 g/mol. The predicted octanol–water partition coefficient (Wildman–Crippen LogP) is 2.77. The highest BCUT2D eigenvalue weighted by molar-refractivity contribution is 5.92. The van der Waals surface area contributed by atoms with Crippen LogP contribution in [0.2, 0.25) is 0 Å². The van der Waals surface area contributed by atoms with Crippen LogP contribution in [0.15, 0.2) is 29.3 Å². The number of hydrogen-bond donors (Lipinski definition) is 2. The van der Waals surface area contributed by atoms with Crippen LogP contribution in [0.25, 0.3) is 0 Å². The Hall–Kier alpha value is -1.75. The third kappa shape index (κ3) is 2.65. The number of hydrogen-bond acceptors (Lipinski definition) is 3. The van der Waals surface area contributed by atoms with E-state index in [9.17, 15) is 0 Å². The normalized spacial score (nSPS) is 26.2. The zero-order valence-corrected chi connectivity index (χ0v) is 13.3. The summed E-state index contributed by atoms with van der Waals surface area (Å²) in [4.78, 5) is 4.70. The van der Waals surface area contributed by atoms with Crippen molar-refractivity contribution in [3.05, 3.63) is 24.3 Å². The Morgan fingerprint density at radius 2 is 2.27 bits per heavy atom. The van der Waals surface area contributed by atoms with Crippen LogP contribution >= 0.6 is 0 Å². The molecular formula is C17H25N3O2. The van der Waals surface area contributed by atoms with Gasteiger partial charge in [0.15, 0.2) is 5.96 Å². The number of aliphatic imine (C=N–C) groups is 1. The summed E-state index contributed by atoms with van der Waals surface area (Å²) in [6, 6.07) is 7.98. The average Bonchev–Trinajstić information content (AvgIpc) is 2.44. The molecule has 22 heavy (non-hydrogen) atoms. The molecule has 2 atom stereocenters. The molecule has 2 aliphatic rings. The van der Waals surface area contributed by atoms with Crippen LogP contribution in [0.5, 0.6) is 5.75 Å². The summed E-state index contributed by atoms with van der Waals surface area (Å²) in [7, 11) is 1.65. The summed E-state index contributed by atoms with van der Waals surface area (Å²) in [5.74, 6) is 1.27. The molecule has 0 aliphatic heterocycles. The Morgan fingerprint density at radius 3 is 2.91 bits per heavy atom. The van der Waals surface area contributed by atoms with Crippen LogP contribution in [-0.4, -0.2) is 31.8 Å². The zero-order chi connectivity index (χ0) is 15.6. The average molecular weight is 303 g/mol. The van der Waals surface area contributed by atoms with Crippen molar-refractivity contribution in [1.82, 2.24) is 0 Å². The molecule has 2 fully saturated rings. The molecule has 3 N–H and O–H groups in total. The van der Waals surface area contributed by atoms with Crippen molar-refractivity contribution in [3.8, 4) is 5.75 Å². The lowest BCUT2D eigenvalue weighted by molar-refractivity contribution is -0.162. The summed E-state index contributed by atoms with van der Waals surface area (Å²) in [6.45, 7) is 2.84. The van der Waals surface area contributed by atoms with E-state index in [-0.39, 0.29) is 11.5 Å². The van der Waals surface area contributed by atoms with Crippen molar-refractivity contribution in [1.29, 1.82) is 0 Å². The number of nitrogens with two attached hydrogens (primary N) is 1. The minimum absolute atomic E-state index is 0.247. The molecule has 0 radical (unpaired) electrons. The molecule has 0 bridgehead atoms. The van der Waals surface area contributed by atoms with Gasteiger partial charge in [0, 0.05) is 23.8 Å². The molecule has 1 spiro atoms. The molecule has 0 saturated heterocycles. The van der Waals surface area contributed by atoms with Crippen LogP contribution in [-0.2, 0) is 4.74 Å². The number of methoxy groups -OCH3 is 1. The first-order valence-electron chi connectivity index (χ1n) is 8.04. The van der Waals surface area contributed by atoms with Crippen LogP contribution in [0.4, 0.5) is 5.69 Å². The van der Waals surface area contributed by atoms with Gasteiger partial charge in [0.25, 0.3) is 0 Å². The van der Waals surface area contributed by atoms with Gasteiger partial charge in [-0.3, -0.25) is 0 Å². The SMILES string of the molecule is CCOC1CC(N=C(N)Nc2cccc(OC)c2)C12CCC2. The van der Waals surface area contributed by atoms with Gasteiger partial charge in [0.2, 0.25) is 0 Å². The Balaban J connectivity index is 1.65. The molecule has 2 aliphatic carbocycles. The number of anilines is 1. The van der Waals surface area contributed by atoms with Crippen LogP contribution in [0.3, 0.4) is 0 Å². The van der Waals surface area contributed by atoms with Gasteiger partial charge in [-0.05, 0) is 38.3 Å². The van der Waals surface area contributed by atoms with E-state index in [2.05, 4.69) is 12.2 Å². The van der Waals surface area contributed by atoms with Crippen molar-refractivity contribution in [2.75, 3.05) is 19.0 Å². The van der Waals surface area contributed by atoms with Crippen molar-refractivity contribution in [3.63, 3.8) is 0 Å². The number of ether oxygens (including phenoxy) is 2. The summed E-state index contributed by atoms with van der Waals surface area (Å²) in [5.41, 5.74) is 7.22. The van der Waals surface area contributed by atoms with Crippen LogP contribution in [0, 0.1) is 5.41 Å². The molecule has 5 nitrogen and oxygen atoms in total. The molecular weight excluding hydrogens is 278 g/mol. The Labute approximate surface area is 131 Å². The fourth-order valence-corrected chi connectivity index (χ4v) is 3.63. The lowest BCUT2D eigenvalue weighted by atomic mass is 9.51. The second-order valence-electron chi connectivity index (χ2n) is 6.15. The van der Waals surface area contributed by atoms with Gasteiger partial charge in [-0.2, -0.15) is 0 Å². The fraction of sp³-hybridized carbons (Fsp3) is 0.588. The highest BCUT2D eigenvalue weighted by Gasteiger charge is 2.59. The van der Waals surface area contributed by atoms with E-state index in [1.54, 1.807) is 7.11 Å². The Kier molecular flexibility index (Phi) is 4.25. The molecule has 3 rings (SSSR count). The lowest BCUT2D eigenvalue weighted by Crippen LogP contribution is -2.61. The maximum Gasteiger partial charge on any atom is 0.193 e. The zero-order valence-electron chi connectivity index (χ0n) is 13.3. The van der Waals surface area contributed by atoms with E-state index in [4.69, 9.17) is 20.2 Å². The summed E-state index contributed by atoms with van der Waals surface area (Å²) < 4.78 is 11.1. The number of rotatable bonds is 5. The first kappa shape index (κ1) is 15.2. The molecule has 0 aromatic heterocycles. The van der Waals surface area contributed by atoms with Crippen molar-refractivity contribution in [2.24, 2.45) is 16.1 Å². The van der Waals surface area contributed by atoms with Gasteiger partial charge in [0.1, 0.15) is 5.75 Å². The highest BCUT2D eigenvalue weighted by atomic mass is 16.5. The Bertz CT molecular complexity index is 555. The maximum atomic E-state index is 6.08. The predicted molar refractivity (Wildman–Crippen MR) is 88.3 cm³/mol. The minimum atomic E-state index is 0.247. The number of benzene rings is 1. The molecule has 2 saturated carbocycles. The van der Waals surface area contributed by atoms with Gasteiger partial charge in [-0.15, -0.1) is 0 Å². The first-order valence-corrected chi connectivity index (χ1v) is 8.04. The van der Waals surface area contributed by atoms with Crippen LogP contribution < -0.4 is 15.8 Å². The minimum Gasteiger partial charge on any atom is -0.497 e. The van der Waals surface area contributed by atoms with Crippen LogP contribution in [0.1, 0.15) is 32.6 Å². The summed E-state index contributed by atoms with van der Waals surface area (Å²) in [6.07, 6.45) is 5.04. The van der Waals surface area contributed by atoms with E-state index in [0.29, 0.717) is 12.1 Å². The Morgan fingerprint density at radius 1 is 1.45 bits per heavy atom. The lowest BCUT2D eigenvalue weighted by Gasteiger charge is -2.59. The largest absolute Gasteiger partial charge is 0.497 e. The van der Waals surface area contributed by atoms with Gasteiger partial charge >= 0.3 is 0 Å². The second-order valence-corrected chi connectivity index (χ2v) is 6.15. The van der Waals surface area contributed by atoms with Gasteiger partial charge in [-0.1, -0.05) is 12.5 Å². The quantitative estimate of drug-likeness (QED) is 0.648. The molecule has 2 unspecified atom stereocenters. The molecule has 120 valence electrons. The third-order valence-corrected chi connectivity index (χ3v) is 5.03. The molecule has 0 heterocycles. The highest BCUT2D eigenvalue weighted by Crippen LogP contribution is 2.58. The van der Waals surface area contributed by atoms with E-state index in [1.807, 2.05) is 24.3 Å². The van der Waals surface area contributed by atoms with Gasteiger partial charge in [-0.25, -0.2) is 4.99 Å². The summed E-state index contributed by atoms with van der Waals surface area (Å²) >= 11 is 0. The van der Waals surface area contributed by atoms with Crippen molar-refractivity contribution >= 4 is 11.6 Å². The number of nitrogens with one attached hydrogen (secondary N) is 1. The maximum absolute atomic E-state index is 6.08. The van der Waals surface area contributed by atoms with Crippen molar-refractivity contribution in [2.45, 2.75) is 44.8 Å². The topological polar surface area (TPSA) is 68.9 Å². The van der Waals surface area contributed by atoms with Gasteiger partial charge < -0.3 is 20.5 Å².